The van der Waals surface area contributed by atoms with Gasteiger partial charge in [-0.15, -0.1) is 0 Å². The highest BCUT2D eigenvalue weighted by Gasteiger charge is 2.27. The minimum atomic E-state index is -3.62. The highest BCUT2D eigenvalue weighted by molar-refractivity contribution is 7.89. The highest BCUT2D eigenvalue weighted by atomic mass is 32.2. The van der Waals surface area contributed by atoms with Crippen LogP contribution in [0.2, 0.25) is 0 Å². The fourth-order valence-electron chi connectivity index (χ4n) is 1.49. The number of carbonyl (C=O) groups excluding carboxylic acids is 1. The van der Waals surface area contributed by atoms with Gasteiger partial charge in [-0.1, -0.05) is 18.2 Å². The predicted octanol–water partition coefficient (Wildman–Crippen LogP) is 0.619. The second-order valence-corrected chi connectivity index (χ2v) is 6.13. The molecule has 3 N–H and O–H groups in total. The molecule has 1 rings (SSSR count). The summed E-state index contributed by atoms with van der Waals surface area (Å²) in [5.74, 6) is -0.550. The van der Waals surface area contributed by atoms with Crippen LogP contribution in [0.1, 0.15) is 20.3 Å². The molecule has 17 heavy (non-hydrogen) atoms. The van der Waals surface area contributed by atoms with Crippen molar-refractivity contribution in [1.29, 1.82) is 0 Å². The van der Waals surface area contributed by atoms with Gasteiger partial charge >= 0.3 is 0 Å². The van der Waals surface area contributed by atoms with E-state index in [1.54, 1.807) is 32.0 Å². The molecular formula is C11H16N2O3S. The Balaban J connectivity index is 2.91. The fourth-order valence-corrected chi connectivity index (χ4v) is 2.93. The molecule has 0 aliphatic carbocycles. The second-order valence-electron chi connectivity index (χ2n) is 4.45. The number of nitrogens with one attached hydrogen (secondary N) is 1. The third-order valence-electron chi connectivity index (χ3n) is 2.08. The Bertz CT molecular complexity index is 495. The molecule has 0 aromatic heterocycles. The third-order valence-corrected chi connectivity index (χ3v) is 3.79. The molecule has 0 heterocycles. The lowest BCUT2D eigenvalue weighted by Gasteiger charge is -2.24. The van der Waals surface area contributed by atoms with Crippen LogP contribution in [0.15, 0.2) is 35.2 Å². The average Bonchev–Trinajstić information content (AvgIpc) is 2.15. The van der Waals surface area contributed by atoms with Gasteiger partial charge in [0.1, 0.15) is 0 Å². The van der Waals surface area contributed by atoms with E-state index in [4.69, 9.17) is 5.73 Å². The van der Waals surface area contributed by atoms with Crippen molar-refractivity contribution in [3.63, 3.8) is 0 Å². The van der Waals surface area contributed by atoms with E-state index >= 15 is 0 Å². The van der Waals surface area contributed by atoms with Crippen molar-refractivity contribution >= 4 is 15.9 Å². The summed E-state index contributed by atoms with van der Waals surface area (Å²) >= 11 is 0. The summed E-state index contributed by atoms with van der Waals surface area (Å²) in [6, 6.07) is 7.98. The zero-order valence-corrected chi connectivity index (χ0v) is 10.6. The number of hydrogen-bond donors (Lipinski definition) is 2. The Morgan fingerprint density at radius 3 is 2.29 bits per heavy atom. The maximum Gasteiger partial charge on any atom is 0.241 e. The van der Waals surface area contributed by atoms with E-state index < -0.39 is 21.5 Å². The monoisotopic (exact) mass is 256 g/mol. The standard InChI is InChI=1S/C11H16N2O3S/c1-11(2,8-10(12)14)13-17(15,16)9-6-4-3-5-7-9/h3-7,13H,8H2,1-2H3,(H2,12,14). The van der Waals surface area contributed by atoms with E-state index in [2.05, 4.69) is 4.72 Å². The van der Waals surface area contributed by atoms with Gasteiger partial charge in [0.2, 0.25) is 15.9 Å². The summed E-state index contributed by atoms with van der Waals surface area (Å²) in [6.45, 7) is 3.22. The van der Waals surface area contributed by atoms with Gasteiger partial charge in [0.25, 0.3) is 0 Å². The van der Waals surface area contributed by atoms with Crippen molar-refractivity contribution < 1.29 is 13.2 Å². The van der Waals surface area contributed by atoms with Crippen LogP contribution < -0.4 is 10.5 Å². The lowest BCUT2D eigenvalue weighted by molar-refractivity contribution is -0.119. The van der Waals surface area contributed by atoms with Crippen LogP contribution in [0.4, 0.5) is 0 Å². The molecule has 0 saturated heterocycles. The van der Waals surface area contributed by atoms with Crippen molar-refractivity contribution in [3.05, 3.63) is 30.3 Å². The first-order chi connectivity index (χ1) is 7.73. The van der Waals surface area contributed by atoms with Gasteiger partial charge in [-0.3, -0.25) is 4.79 Å². The summed E-state index contributed by atoms with van der Waals surface area (Å²) in [4.78, 5) is 11.0. The van der Waals surface area contributed by atoms with E-state index in [-0.39, 0.29) is 11.3 Å². The number of hydrogen-bond acceptors (Lipinski definition) is 3. The number of benzene rings is 1. The first kappa shape index (κ1) is 13.7. The van der Waals surface area contributed by atoms with Crippen LogP contribution in [-0.2, 0) is 14.8 Å². The quantitative estimate of drug-likeness (QED) is 0.809. The number of sulfonamides is 1. The van der Waals surface area contributed by atoms with Crippen molar-refractivity contribution in [2.75, 3.05) is 0 Å². The molecule has 1 amide bonds. The minimum Gasteiger partial charge on any atom is -0.370 e. The number of amides is 1. The Morgan fingerprint density at radius 1 is 1.29 bits per heavy atom. The van der Waals surface area contributed by atoms with Crippen LogP contribution in [0.5, 0.6) is 0 Å². The third kappa shape index (κ3) is 4.16. The molecule has 5 nitrogen and oxygen atoms in total. The van der Waals surface area contributed by atoms with Crippen molar-refractivity contribution in [3.8, 4) is 0 Å². The second kappa shape index (κ2) is 4.85. The summed E-state index contributed by atoms with van der Waals surface area (Å²) in [7, 11) is -3.62. The number of rotatable bonds is 5. The topological polar surface area (TPSA) is 89.3 Å². The fraction of sp³-hybridized carbons (Fsp3) is 0.364. The SMILES string of the molecule is CC(C)(CC(N)=O)NS(=O)(=O)c1ccccc1. The molecule has 0 spiro atoms. The van der Waals surface area contributed by atoms with Crippen molar-refractivity contribution in [1.82, 2.24) is 4.72 Å². The molecule has 0 aliphatic heterocycles. The van der Waals surface area contributed by atoms with Crippen LogP contribution in [0.25, 0.3) is 0 Å². The van der Waals surface area contributed by atoms with Gasteiger partial charge in [0.05, 0.1) is 4.90 Å². The Kier molecular flexibility index (Phi) is 3.90. The van der Waals surface area contributed by atoms with Gasteiger partial charge in [0.15, 0.2) is 0 Å². The van der Waals surface area contributed by atoms with Crippen LogP contribution in [0.3, 0.4) is 0 Å². The normalized spacial score (nSPS) is 12.4. The summed E-state index contributed by atoms with van der Waals surface area (Å²) < 4.78 is 26.4. The molecule has 0 atom stereocenters. The maximum atomic E-state index is 12.0. The van der Waals surface area contributed by atoms with E-state index in [9.17, 15) is 13.2 Å². The molecule has 0 fully saturated rings. The molecule has 6 heteroatoms. The number of nitrogens with two attached hydrogens (primary N) is 1. The molecule has 0 unspecified atom stereocenters. The molecular weight excluding hydrogens is 240 g/mol. The molecule has 0 radical (unpaired) electrons. The van der Waals surface area contributed by atoms with E-state index in [1.807, 2.05) is 0 Å². The van der Waals surface area contributed by atoms with Crippen LogP contribution in [0, 0.1) is 0 Å². The van der Waals surface area contributed by atoms with Crippen LogP contribution in [-0.4, -0.2) is 19.9 Å². The van der Waals surface area contributed by atoms with Gasteiger partial charge in [-0.25, -0.2) is 13.1 Å². The molecule has 1 aromatic rings. The number of primary amides is 1. The number of carbonyl (C=O) groups is 1. The summed E-state index contributed by atoms with van der Waals surface area (Å²) in [5.41, 5.74) is 4.16. The predicted molar refractivity (Wildman–Crippen MR) is 64.7 cm³/mol. The van der Waals surface area contributed by atoms with Crippen molar-refractivity contribution in [2.24, 2.45) is 5.73 Å². The Morgan fingerprint density at radius 2 is 1.82 bits per heavy atom. The maximum absolute atomic E-state index is 12.0. The van der Waals surface area contributed by atoms with Gasteiger partial charge < -0.3 is 5.73 Å². The zero-order chi connectivity index (χ0) is 13.1. The molecule has 0 saturated carbocycles. The molecule has 94 valence electrons. The first-order valence-electron chi connectivity index (χ1n) is 5.10. The van der Waals surface area contributed by atoms with E-state index in [1.165, 1.54) is 12.1 Å². The largest absolute Gasteiger partial charge is 0.370 e. The summed E-state index contributed by atoms with van der Waals surface area (Å²) in [5, 5.41) is 0. The minimum absolute atomic E-state index is 0.0565. The first-order valence-corrected chi connectivity index (χ1v) is 6.59. The average molecular weight is 256 g/mol. The van der Waals surface area contributed by atoms with Gasteiger partial charge in [-0.2, -0.15) is 0 Å². The smallest absolute Gasteiger partial charge is 0.241 e. The Labute approximate surface area is 101 Å². The van der Waals surface area contributed by atoms with E-state index in [0.29, 0.717) is 0 Å². The summed E-state index contributed by atoms with van der Waals surface area (Å²) in [6.07, 6.45) is -0.0565. The molecule has 0 aliphatic rings. The molecule has 0 bridgehead atoms. The van der Waals surface area contributed by atoms with E-state index in [0.717, 1.165) is 0 Å². The Hall–Kier alpha value is -1.40. The van der Waals surface area contributed by atoms with Gasteiger partial charge in [-0.05, 0) is 26.0 Å². The highest BCUT2D eigenvalue weighted by Crippen LogP contribution is 2.14. The van der Waals surface area contributed by atoms with Crippen LogP contribution >= 0.6 is 0 Å². The van der Waals surface area contributed by atoms with Gasteiger partial charge in [0, 0.05) is 12.0 Å². The molecule has 1 aromatic carbocycles. The lowest BCUT2D eigenvalue weighted by atomic mass is 10.0. The van der Waals surface area contributed by atoms with Crippen molar-refractivity contribution in [2.45, 2.75) is 30.7 Å². The zero-order valence-electron chi connectivity index (χ0n) is 9.80. The lowest BCUT2D eigenvalue weighted by Crippen LogP contribution is -2.45.